The van der Waals surface area contributed by atoms with E-state index in [9.17, 15) is 9.90 Å². The molecule has 0 saturated carbocycles. The highest BCUT2D eigenvalue weighted by Crippen LogP contribution is 2.26. The van der Waals surface area contributed by atoms with Gasteiger partial charge >= 0.3 is 5.97 Å². The van der Waals surface area contributed by atoms with Gasteiger partial charge in [0.15, 0.2) is 11.3 Å². The smallest absolute Gasteiger partial charge is 0.354 e. The van der Waals surface area contributed by atoms with Gasteiger partial charge in [-0.3, -0.25) is 0 Å². The molecule has 1 aromatic carbocycles. The van der Waals surface area contributed by atoms with E-state index in [1.165, 1.54) is 10.6 Å². The number of pyridine rings is 1. The molecule has 5 N–H and O–H groups in total. The summed E-state index contributed by atoms with van der Waals surface area (Å²) in [6.45, 7) is 0.423. The van der Waals surface area contributed by atoms with Gasteiger partial charge in [0.05, 0.1) is 0 Å². The van der Waals surface area contributed by atoms with Crippen LogP contribution in [0.2, 0.25) is 0 Å². The fourth-order valence-corrected chi connectivity index (χ4v) is 2.23. The van der Waals surface area contributed by atoms with Crippen molar-refractivity contribution in [2.45, 2.75) is 6.54 Å². The second-order valence-corrected chi connectivity index (χ2v) is 4.55. The van der Waals surface area contributed by atoms with Crippen LogP contribution in [0.15, 0.2) is 36.4 Å². The number of benzene rings is 1. The first-order valence-electron chi connectivity index (χ1n) is 6.28. The van der Waals surface area contributed by atoms with Crippen molar-refractivity contribution in [3.8, 4) is 11.1 Å². The van der Waals surface area contributed by atoms with Crippen molar-refractivity contribution in [2.75, 3.05) is 5.73 Å². The van der Waals surface area contributed by atoms with Crippen molar-refractivity contribution in [1.82, 2.24) is 14.6 Å². The molecule has 2 aromatic heterocycles. The topological polar surface area (TPSA) is 120 Å². The van der Waals surface area contributed by atoms with Crippen LogP contribution < -0.4 is 11.5 Å². The summed E-state index contributed by atoms with van der Waals surface area (Å²) in [4.78, 5) is 15.3. The Hall–Kier alpha value is -2.93. The molecule has 0 spiro atoms. The van der Waals surface area contributed by atoms with Gasteiger partial charge in [-0.25, -0.2) is 9.31 Å². The molecule has 7 heteroatoms. The molecule has 0 aliphatic rings. The van der Waals surface area contributed by atoms with E-state index in [2.05, 4.69) is 10.1 Å². The summed E-state index contributed by atoms with van der Waals surface area (Å²) in [5, 5.41) is 13.1. The van der Waals surface area contributed by atoms with E-state index in [1.807, 2.05) is 24.3 Å². The second-order valence-electron chi connectivity index (χ2n) is 4.55. The van der Waals surface area contributed by atoms with E-state index in [1.54, 1.807) is 6.07 Å². The van der Waals surface area contributed by atoms with Crippen molar-refractivity contribution in [1.29, 1.82) is 0 Å². The number of nitrogen functional groups attached to an aromatic ring is 1. The number of aromatic carboxylic acids is 1. The standard InChI is InChI=1S/C14H13N5O2/c15-7-8-2-1-3-9(6-8)10-4-5-11(13(20)21)19-12(10)17-14(16)18-19/h1-6H,7,15H2,(H2,16,18)(H,20,21). The van der Waals surface area contributed by atoms with Gasteiger partial charge in [0.25, 0.3) is 0 Å². The Kier molecular flexibility index (Phi) is 3.03. The molecule has 0 aliphatic carbocycles. The number of hydrogen-bond acceptors (Lipinski definition) is 5. The maximum absolute atomic E-state index is 11.2. The number of carbonyl (C=O) groups is 1. The fourth-order valence-electron chi connectivity index (χ4n) is 2.23. The molecule has 106 valence electrons. The number of aromatic nitrogens is 3. The Labute approximate surface area is 119 Å². The first-order chi connectivity index (χ1) is 10.1. The van der Waals surface area contributed by atoms with Crippen LogP contribution in [0.5, 0.6) is 0 Å². The van der Waals surface area contributed by atoms with Crippen LogP contribution in [0.4, 0.5) is 5.95 Å². The predicted octanol–water partition coefficient (Wildman–Crippen LogP) is 1.14. The van der Waals surface area contributed by atoms with E-state index in [0.717, 1.165) is 16.7 Å². The quantitative estimate of drug-likeness (QED) is 0.663. The average molecular weight is 283 g/mol. The van der Waals surface area contributed by atoms with Gasteiger partial charge in [-0.05, 0) is 29.3 Å². The SMILES string of the molecule is NCc1cccc(-c2ccc(C(=O)O)n3nc(N)nc23)c1. The molecule has 7 nitrogen and oxygen atoms in total. The molecular formula is C14H13N5O2. The molecule has 0 saturated heterocycles. The lowest BCUT2D eigenvalue weighted by molar-refractivity contribution is 0.0687. The molecule has 0 bridgehead atoms. The number of carboxylic acid groups (broad SMARTS) is 1. The Morgan fingerprint density at radius 2 is 2.10 bits per heavy atom. The third kappa shape index (κ3) is 2.19. The van der Waals surface area contributed by atoms with Gasteiger partial charge in [0, 0.05) is 12.1 Å². The minimum atomic E-state index is -1.09. The number of nitrogens with two attached hydrogens (primary N) is 2. The maximum Gasteiger partial charge on any atom is 0.354 e. The first-order valence-corrected chi connectivity index (χ1v) is 6.28. The normalized spacial score (nSPS) is 10.9. The lowest BCUT2D eigenvalue weighted by Crippen LogP contribution is -2.07. The molecule has 0 aliphatic heterocycles. The Morgan fingerprint density at radius 1 is 1.29 bits per heavy atom. The van der Waals surface area contributed by atoms with Gasteiger partial charge in [0.2, 0.25) is 5.95 Å². The number of nitrogens with zero attached hydrogens (tertiary/aromatic N) is 3. The zero-order valence-corrected chi connectivity index (χ0v) is 11.0. The predicted molar refractivity (Wildman–Crippen MR) is 77.7 cm³/mol. The third-order valence-corrected chi connectivity index (χ3v) is 3.19. The summed E-state index contributed by atoms with van der Waals surface area (Å²) >= 11 is 0. The van der Waals surface area contributed by atoms with Crippen LogP contribution in [-0.2, 0) is 6.54 Å². The first kappa shape index (κ1) is 13.1. The Morgan fingerprint density at radius 3 is 2.81 bits per heavy atom. The summed E-state index contributed by atoms with van der Waals surface area (Å²) in [7, 11) is 0. The highest BCUT2D eigenvalue weighted by molar-refractivity contribution is 5.89. The van der Waals surface area contributed by atoms with Crippen LogP contribution in [-0.4, -0.2) is 25.7 Å². The van der Waals surface area contributed by atoms with Crippen molar-refractivity contribution in [3.05, 3.63) is 47.7 Å². The van der Waals surface area contributed by atoms with Crippen LogP contribution in [0, 0.1) is 0 Å². The Bertz CT molecular complexity index is 840. The van der Waals surface area contributed by atoms with E-state index >= 15 is 0 Å². The molecule has 21 heavy (non-hydrogen) atoms. The molecule has 0 amide bonds. The minimum Gasteiger partial charge on any atom is -0.477 e. The number of carboxylic acids is 1. The molecular weight excluding hydrogens is 270 g/mol. The molecule has 3 rings (SSSR count). The van der Waals surface area contributed by atoms with Gasteiger partial charge in [-0.2, -0.15) is 4.98 Å². The van der Waals surface area contributed by atoms with Gasteiger partial charge in [-0.15, -0.1) is 5.10 Å². The number of fused-ring (bicyclic) bond motifs is 1. The second kappa shape index (κ2) is 4.88. The van der Waals surface area contributed by atoms with Crippen molar-refractivity contribution < 1.29 is 9.90 Å². The highest BCUT2D eigenvalue weighted by Gasteiger charge is 2.16. The largest absolute Gasteiger partial charge is 0.477 e. The molecule has 3 aromatic rings. The molecule has 0 fully saturated rings. The zero-order chi connectivity index (χ0) is 15.0. The zero-order valence-electron chi connectivity index (χ0n) is 11.0. The van der Waals surface area contributed by atoms with Crippen LogP contribution in [0.3, 0.4) is 0 Å². The molecule has 0 radical (unpaired) electrons. The molecule has 0 unspecified atom stereocenters. The number of rotatable bonds is 3. The minimum absolute atomic E-state index is 0.00734. The lowest BCUT2D eigenvalue weighted by Gasteiger charge is -2.07. The van der Waals surface area contributed by atoms with Crippen LogP contribution in [0.1, 0.15) is 16.1 Å². The van der Waals surface area contributed by atoms with E-state index in [-0.39, 0.29) is 11.6 Å². The number of anilines is 1. The average Bonchev–Trinajstić information content (AvgIpc) is 2.87. The van der Waals surface area contributed by atoms with E-state index in [0.29, 0.717) is 12.2 Å². The van der Waals surface area contributed by atoms with Crippen molar-refractivity contribution >= 4 is 17.6 Å². The third-order valence-electron chi connectivity index (χ3n) is 3.19. The monoisotopic (exact) mass is 283 g/mol. The van der Waals surface area contributed by atoms with Crippen LogP contribution in [0.25, 0.3) is 16.8 Å². The van der Waals surface area contributed by atoms with Crippen LogP contribution >= 0.6 is 0 Å². The van der Waals surface area contributed by atoms with Gasteiger partial charge < -0.3 is 16.6 Å². The maximum atomic E-state index is 11.2. The van der Waals surface area contributed by atoms with Gasteiger partial charge in [0.1, 0.15) is 0 Å². The Balaban J connectivity index is 2.28. The molecule has 2 heterocycles. The summed E-state index contributed by atoms with van der Waals surface area (Å²) in [6, 6.07) is 10.8. The molecule has 0 atom stereocenters. The highest BCUT2D eigenvalue weighted by atomic mass is 16.4. The number of hydrogen-bond donors (Lipinski definition) is 3. The van der Waals surface area contributed by atoms with Crippen molar-refractivity contribution in [2.24, 2.45) is 5.73 Å². The summed E-state index contributed by atoms with van der Waals surface area (Å²) in [5.41, 5.74) is 14.3. The lowest BCUT2D eigenvalue weighted by atomic mass is 10.0. The summed E-state index contributed by atoms with van der Waals surface area (Å²) < 4.78 is 1.24. The van der Waals surface area contributed by atoms with Crippen molar-refractivity contribution in [3.63, 3.8) is 0 Å². The van der Waals surface area contributed by atoms with Gasteiger partial charge in [-0.1, -0.05) is 18.2 Å². The fraction of sp³-hybridized carbons (Fsp3) is 0.0714. The van der Waals surface area contributed by atoms with E-state index in [4.69, 9.17) is 11.5 Å². The summed E-state index contributed by atoms with van der Waals surface area (Å²) in [5.74, 6) is -1.06. The summed E-state index contributed by atoms with van der Waals surface area (Å²) in [6.07, 6.45) is 0. The van der Waals surface area contributed by atoms with E-state index < -0.39 is 5.97 Å².